The summed E-state index contributed by atoms with van der Waals surface area (Å²) in [6, 6.07) is 5.79. The molecule has 0 heterocycles. The van der Waals surface area contributed by atoms with Gasteiger partial charge in [0.2, 0.25) is 0 Å². The molecule has 0 spiro atoms. The average molecular weight is 749 g/mol. The van der Waals surface area contributed by atoms with E-state index in [9.17, 15) is 58.3 Å². The third-order valence-corrected chi connectivity index (χ3v) is 7.12. The van der Waals surface area contributed by atoms with Crippen molar-refractivity contribution < 1.29 is 72.3 Å². The Labute approximate surface area is 264 Å². The second kappa shape index (κ2) is 13.0. The highest BCUT2D eigenvalue weighted by atomic mass is 79.9. The first kappa shape index (κ1) is 35.4. The summed E-state index contributed by atoms with van der Waals surface area (Å²) in [6.07, 6.45) is -12.5. The summed E-state index contributed by atoms with van der Waals surface area (Å²) in [6.45, 7) is -3.93. The van der Waals surface area contributed by atoms with E-state index in [0.29, 0.717) is 12.8 Å². The van der Waals surface area contributed by atoms with Gasteiger partial charge in [0, 0.05) is 15.6 Å². The number of alkyl halides is 9. The van der Waals surface area contributed by atoms with Gasteiger partial charge in [0.1, 0.15) is 11.5 Å². The first-order valence-corrected chi connectivity index (χ1v) is 13.6. The molecule has 3 aromatic rings. The Balaban J connectivity index is 1.76. The molecule has 4 rings (SSSR count). The van der Waals surface area contributed by atoms with Crippen LogP contribution in [0.15, 0.2) is 59.1 Å². The Morgan fingerprint density at radius 3 is 2.02 bits per heavy atom. The maximum atomic E-state index is 15.8. The van der Waals surface area contributed by atoms with Gasteiger partial charge in [-0.05, 0) is 77.3 Å². The van der Waals surface area contributed by atoms with Crippen molar-refractivity contribution in [1.82, 2.24) is 0 Å². The van der Waals surface area contributed by atoms with Crippen molar-refractivity contribution in [2.24, 2.45) is 5.92 Å². The van der Waals surface area contributed by atoms with Gasteiger partial charge < -0.3 is 14.9 Å². The van der Waals surface area contributed by atoms with Crippen LogP contribution < -0.4 is 15.1 Å². The number of carbonyl (C=O) groups excluding carboxylic acids is 3. The number of benzene rings is 3. The highest BCUT2D eigenvalue weighted by Crippen LogP contribution is 2.55. The summed E-state index contributed by atoms with van der Waals surface area (Å²) >= 11 is 2.50. The number of ether oxygens (including phenoxy) is 1. The molecule has 252 valence electrons. The van der Waals surface area contributed by atoms with Crippen LogP contribution in [0.2, 0.25) is 0 Å². The number of carbonyl (C=O) groups is 3. The summed E-state index contributed by atoms with van der Waals surface area (Å²) in [4.78, 5) is 43.8. The van der Waals surface area contributed by atoms with Gasteiger partial charge in [0.15, 0.2) is 11.6 Å². The molecule has 1 N–H and O–H groups in total. The Hall–Kier alpha value is -4.42. The zero-order chi connectivity index (χ0) is 35.1. The number of amides is 2. The number of hydroxylamine groups is 1. The SMILES string of the molecule is O=C(Nc1c(Br)cc(C(F)(C(F)(F)F)C(F)(F)F)cc1OC(F)F)c1cccc(N(OC(=O)C2CC2)C(=O)c2ccc(F)cc2)c1F. The number of nitrogens with one attached hydrogen (secondary N) is 1. The second-order valence-electron chi connectivity index (χ2n) is 9.75. The van der Waals surface area contributed by atoms with E-state index < -0.39 is 92.7 Å². The van der Waals surface area contributed by atoms with Crippen molar-refractivity contribution in [2.75, 3.05) is 10.4 Å². The van der Waals surface area contributed by atoms with Crippen LogP contribution in [-0.2, 0) is 15.3 Å². The smallest absolute Gasteiger partial charge is 0.433 e. The van der Waals surface area contributed by atoms with Crippen molar-refractivity contribution >= 4 is 45.1 Å². The van der Waals surface area contributed by atoms with E-state index in [1.54, 1.807) is 5.32 Å². The molecule has 0 unspecified atom stereocenters. The number of nitrogens with zero attached hydrogens (tertiary/aromatic N) is 1. The lowest BCUT2D eigenvalue weighted by atomic mass is 9.93. The number of hydrogen-bond acceptors (Lipinski definition) is 5. The number of halogens is 12. The van der Waals surface area contributed by atoms with E-state index in [-0.39, 0.29) is 22.8 Å². The molecule has 19 heteroatoms. The monoisotopic (exact) mass is 748 g/mol. The lowest BCUT2D eigenvalue weighted by Gasteiger charge is -2.31. The molecule has 0 atom stereocenters. The van der Waals surface area contributed by atoms with Crippen LogP contribution >= 0.6 is 15.9 Å². The zero-order valence-electron chi connectivity index (χ0n) is 22.8. The van der Waals surface area contributed by atoms with Crippen LogP contribution in [0.25, 0.3) is 0 Å². The normalized spacial score (nSPS) is 13.7. The zero-order valence-corrected chi connectivity index (χ0v) is 24.4. The van der Waals surface area contributed by atoms with Gasteiger partial charge in [-0.2, -0.15) is 35.1 Å². The van der Waals surface area contributed by atoms with Crippen molar-refractivity contribution in [2.45, 2.75) is 37.5 Å². The van der Waals surface area contributed by atoms with Gasteiger partial charge in [-0.15, -0.1) is 5.06 Å². The average Bonchev–Trinajstić information content (AvgIpc) is 3.82. The predicted molar refractivity (Wildman–Crippen MR) is 142 cm³/mol. The third-order valence-electron chi connectivity index (χ3n) is 6.50. The Kier molecular flexibility index (Phi) is 9.80. The second-order valence-corrected chi connectivity index (χ2v) is 10.6. The molecular formula is C28H16BrF11N2O5. The summed E-state index contributed by atoms with van der Waals surface area (Å²) < 4.78 is 153. The minimum atomic E-state index is -6.64. The van der Waals surface area contributed by atoms with E-state index in [0.717, 1.165) is 42.5 Å². The summed E-state index contributed by atoms with van der Waals surface area (Å²) in [5, 5.41) is 1.95. The van der Waals surface area contributed by atoms with Crippen molar-refractivity contribution in [1.29, 1.82) is 0 Å². The molecule has 7 nitrogen and oxygen atoms in total. The molecule has 3 aromatic carbocycles. The lowest BCUT2D eigenvalue weighted by Crippen LogP contribution is -2.50. The first-order chi connectivity index (χ1) is 21.8. The van der Waals surface area contributed by atoms with Crippen LogP contribution in [0.5, 0.6) is 5.75 Å². The fourth-order valence-corrected chi connectivity index (χ4v) is 4.55. The van der Waals surface area contributed by atoms with Crippen molar-refractivity contribution in [3.8, 4) is 5.75 Å². The molecule has 47 heavy (non-hydrogen) atoms. The summed E-state index contributed by atoms with van der Waals surface area (Å²) in [5.41, 5.74) is -11.6. The quantitative estimate of drug-likeness (QED) is 0.185. The minimum absolute atomic E-state index is 0.109. The first-order valence-electron chi connectivity index (χ1n) is 12.8. The molecule has 2 amide bonds. The van der Waals surface area contributed by atoms with Crippen LogP contribution in [0.4, 0.5) is 59.7 Å². The minimum Gasteiger partial charge on any atom is -0.433 e. The number of hydrogen-bond donors (Lipinski definition) is 1. The molecule has 1 aliphatic carbocycles. The van der Waals surface area contributed by atoms with Crippen LogP contribution in [-0.4, -0.2) is 36.7 Å². The number of rotatable bonds is 8. The topological polar surface area (TPSA) is 84.9 Å². The maximum absolute atomic E-state index is 15.8. The highest BCUT2D eigenvalue weighted by molar-refractivity contribution is 9.10. The predicted octanol–water partition coefficient (Wildman–Crippen LogP) is 8.39. The Morgan fingerprint density at radius 2 is 1.49 bits per heavy atom. The molecule has 0 bridgehead atoms. The molecule has 0 radical (unpaired) electrons. The summed E-state index contributed by atoms with van der Waals surface area (Å²) in [7, 11) is 0. The molecule has 0 aromatic heterocycles. The molecular weight excluding hydrogens is 733 g/mol. The third kappa shape index (κ3) is 7.28. The van der Waals surface area contributed by atoms with Gasteiger partial charge in [-0.25, -0.2) is 18.0 Å². The maximum Gasteiger partial charge on any atom is 0.435 e. The largest absolute Gasteiger partial charge is 0.435 e. The Bertz CT molecular complexity index is 1680. The number of anilines is 2. The van der Waals surface area contributed by atoms with Crippen molar-refractivity contribution in [3.63, 3.8) is 0 Å². The summed E-state index contributed by atoms with van der Waals surface area (Å²) in [5.74, 6) is -8.34. The van der Waals surface area contributed by atoms with E-state index in [2.05, 4.69) is 20.7 Å². The molecule has 1 aliphatic rings. The molecule has 0 aliphatic heterocycles. The van der Waals surface area contributed by atoms with Crippen molar-refractivity contribution in [3.05, 3.63) is 87.4 Å². The van der Waals surface area contributed by atoms with E-state index in [1.165, 1.54) is 0 Å². The standard InChI is InChI=1S/C28H16BrF11N2O5/c29-17-10-14(26(34,27(35,36)37)28(38,39)40)11-19(46-25(32)33)21(17)41-22(43)16-2-1-3-18(20(16)31)42(47-24(45)13-4-5-13)23(44)12-6-8-15(30)9-7-12/h1-3,6-11,13,25H,4-5H2,(H,41,43). The lowest BCUT2D eigenvalue weighted by molar-refractivity contribution is -0.348. The fraction of sp³-hybridized carbons (Fsp3) is 0.250. The van der Waals surface area contributed by atoms with Gasteiger partial charge >= 0.3 is 30.6 Å². The van der Waals surface area contributed by atoms with Gasteiger partial charge in [0.25, 0.3) is 11.8 Å². The molecule has 1 saturated carbocycles. The van der Waals surface area contributed by atoms with E-state index in [4.69, 9.17) is 4.84 Å². The van der Waals surface area contributed by atoms with Gasteiger partial charge in [-0.3, -0.25) is 9.59 Å². The van der Waals surface area contributed by atoms with Gasteiger partial charge in [-0.1, -0.05) is 6.07 Å². The van der Waals surface area contributed by atoms with Crippen LogP contribution in [0, 0.1) is 17.6 Å². The fourth-order valence-electron chi connectivity index (χ4n) is 4.00. The van der Waals surface area contributed by atoms with Crippen LogP contribution in [0.1, 0.15) is 39.1 Å². The van der Waals surface area contributed by atoms with Crippen LogP contribution in [0.3, 0.4) is 0 Å². The molecule has 0 saturated heterocycles. The van der Waals surface area contributed by atoms with E-state index in [1.807, 2.05) is 0 Å². The van der Waals surface area contributed by atoms with E-state index >= 15 is 4.39 Å². The Morgan fingerprint density at radius 1 is 0.894 bits per heavy atom. The molecule has 1 fully saturated rings. The van der Waals surface area contributed by atoms with Gasteiger partial charge in [0.05, 0.1) is 17.2 Å². The highest BCUT2D eigenvalue weighted by Gasteiger charge is 2.73.